The first-order valence-electron chi connectivity index (χ1n) is 6.62. The van der Waals surface area contributed by atoms with E-state index >= 15 is 0 Å². The summed E-state index contributed by atoms with van der Waals surface area (Å²) < 4.78 is 5.39. The monoisotopic (exact) mass is 256 g/mol. The number of benzene rings is 2. The van der Waals surface area contributed by atoms with Crippen LogP contribution in [0.4, 0.5) is 0 Å². The molecule has 0 amide bonds. The quantitative estimate of drug-likeness (QED) is 0.671. The molecule has 0 unspecified atom stereocenters. The highest BCUT2D eigenvalue weighted by atomic mass is 16.5. The standard InChI is InChI=1S/C16H20N2O/c1-4-18(5-2)16(17)14-10-11-15(19-3)13-9-7-6-8-12(13)14/h6-11,17H,4-5H2,1-3H3. The van der Waals surface area contributed by atoms with Gasteiger partial charge in [-0.25, -0.2) is 0 Å². The van der Waals surface area contributed by atoms with E-state index in [1.165, 1.54) is 0 Å². The Balaban J connectivity index is 2.59. The van der Waals surface area contributed by atoms with Gasteiger partial charge in [-0.05, 0) is 31.4 Å². The summed E-state index contributed by atoms with van der Waals surface area (Å²) in [5, 5.41) is 10.5. The second-order valence-electron chi connectivity index (χ2n) is 4.38. The Morgan fingerprint density at radius 2 is 1.68 bits per heavy atom. The molecule has 2 aromatic rings. The van der Waals surface area contributed by atoms with Crippen LogP contribution in [0.1, 0.15) is 19.4 Å². The number of rotatable bonds is 4. The Kier molecular flexibility index (Phi) is 4.05. The smallest absolute Gasteiger partial charge is 0.128 e. The van der Waals surface area contributed by atoms with Crippen LogP contribution in [0, 0.1) is 5.41 Å². The molecule has 0 atom stereocenters. The number of hydrogen-bond donors (Lipinski definition) is 1. The molecule has 3 nitrogen and oxygen atoms in total. The van der Waals surface area contributed by atoms with E-state index in [1.54, 1.807) is 7.11 Å². The molecule has 0 fully saturated rings. The maximum absolute atomic E-state index is 8.38. The summed E-state index contributed by atoms with van der Waals surface area (Å²) in [6, 6.07) is 12.0. The van der Waals surface area contributed by atoms with Gasteiger partial charge in [0, 0.05) is 24.0 Å². The minimum atomic E-state index is 0.573. The Morgan fingerprint density at radius 3 is 2.26 bits per heavy atom. The van der Waals surface area contributed by atoms with Gasteiger partial charge in [-0.1, -0.05) is 24.3 Å². The zero-order valence-corrected chi connectivity index (χ0v) is 11.7. The van der Waals surface area contributed by atoms with Crippen LogP contribution in [-0.4, -0.2) is 30.9 Å². The van der Waals surface area contributed by atoms with Crippen molar-refractivity contribution in [2.24, 2.45) is 0 Å². The number of ether oxygens (including phenoxy) is 1. The van der Waals surface area contributed by atoms with Gasteiger partial charge in [0.1, 0.15) is 11.6 Å². The Hall–Kier alpha value is -2.03. The SMILES string of the molecule is CCN(CC)C(=N)c1ccc(OC)c2ccccc12. The summed E-state index contributed by atoms with van der Waals surface area (Å²) in [7, 11) is 1.68. The Bertz CT molecular complexity index is 588. The molecule has 3 heteroatoms. The van der Waals surface area contributed by atoms with E-state index < -0.39 is 0 Å². The highest BCUT2D eigenvalue weighted by Crippen LogP contribution is 2.28. The van der Waals surface area contributed by atoms with Gasteiger partial charge in [-0.2, -0.15) is 0 Å². The fourth-order valence-corrected chi connectivity index (χ4v) is 2.37. The minimum absolute atomic E-state index is 0.573. The molecule has 2 aromatic carbocycles. The van der Waals surface area contributed by atoms with Gasteiger partial charge in [-0.15, -0.1) is 0 Å². The average molecular weight is 256 g/mol. The normalized spacial score (nSPS) is 10.5. The van der Waals surface area contributed by atoms with Crippen LogP contribution in [0.2, 0.25) is 0 Å². The summed E-state index contributed by atoms with van der Waals surface area (Å²) in [5.41, 5.74) is 0.958. The van der Waals surface area contributed by atoms with Gasteiger partial charge >= 0.3 is 0 Å². The number of methoxy groups -OCH3 is 1. The fraction of sp³-hybridized carbons (Fsp3) is 0.312. The van der Waals surface area contributed by atoms with Gasteiger partial charge in [-0.3, -0.25) is 5.41 Å². The molecule has 0 heterocycles. The van der Waals surface area contributed by atoms with E-state index in [4.69, 9.17) is 10.1 Å². The van der Waals surface area contributed by atoms with E-state index in [2.05, 4.69) is 13.8 Å². The maximum atomic E-state index is 8.38. The third-order valence-electron chi connectivity index (χ3n) is 3.44. The summed E-state index contributed by atoms with van der Waals surface area (Å²) in [6.45, 7) is 5.83. The van der Waals surface area contributed by atoms with Crippen LogP contribution >= 0.6 is 0 Å². The molecule has 0 aromatic heterocycles. The lowest BCUT2D eigenvalue weighted by atomic mass is 10.0. The summed E-state index contributed by atoms with van der Waals surface area (Å²) in [4.78, 5) is 2.05. The van der Waals surface area contributed by atoms with Crippen molar-refractivity contribution in [3.63, 3.8) is 0 Å². The van der Waals surface area contributed by atoms with Gasteiger partial charge in [0.15, 0.2) is 0 Å². The van der Waals surface area contributed by atoms with E-state index in [-0.39, 0.29) is 0 Å². The largest absolute Gasteiger partial charge is 0.496 e. The van der Waals surface area contributed by atoms with Gasteiger partial charge in [0.2, 0.25) is 0 Å². The van der Waals surface area contributed by atoms with Crippen molar-refractivity contribution in [2.45, 2.75) is 13.8 Å². The van der Waals surface area contributed by atoms with Crippen LogP contribution in [0.5, 0.6) is 5.75 Å². The lowest BCUT2D eigenvalue weighted by molar-refractivity contribution is 0.419. The van der Waals surface area contributed by atoms with E-state index in [0.717, 1.165) is 35.2 Å². The molecule has 0 aliphatic rings. The van der Waals surface area contributed by atoms with Crippen LogP contribution in [0.25, 0.3) is 10.8 Å². The van der Waals surface area contributed by atoms with Gasteiger partial charge < -0.3 is 9.64 Å². The van der Waals surface area contributed by atoms with E-state index in [9.17, 15) is 0 Å². The third kappa shape index (κ3) is 2.41. The molecule has 1 N–H and O–H groups in total. The van der Waals surface area contributed by atoms with Crippen molar-refractivity contribution in [3.05, 3.63) is 42.0 Å². The fourth-order valence-electron chi connectivity index (χ4n) is 2.37. The van der Waals surface area contributed by atoms with Crippen molar-refractivity contribution >= 4 is 16.6 Å². The number of nitrogens with zero attached hydrogens (tertiary/aromatic N) is 1. The van der Waals surface area contributed by atoms with E-state index in [0.29, 0.717) is 5.84 Å². The number of nitrogens with one attached hydrogen (secondary N) is 1. The number of fused-ring (bicyclic) bond motifs is 1. The van der Waals surface area contributed by atoms with Crippen LogP contribution < -0.4 is 4.74 Å². The van der Waals surface area contributed by atoms with Crippen molar-refractivity contribution in [1.29, 1.82) is 5.41 Å². The molecule has 19 heavy (non-hydrogen) atoms. The maximum Gasteiger partial charge on any atom is 0.128 e. The first-order valence-corrected chi connectivity index (χ1v) is 6.62. The first kappa shape index (κ1) is 13.4. The molecule has 0 spiro atoms. The molecule has 0 saturated heterocycles. The van der Waals surface area contributed by atoms with Crippen LogP contribution in [0.3, 0.4) is 0 Å². The molecular weight excluding hydrogens is 236 g/mol. The second-order valence-corrected chi connectivity index (χ2v) is 4.38. The molecular formula is C16H20N2O. The van der Waals surface area contributed by atoms with Crippen LogP contribution in [-0.2, 0) is 0 Å². The molecule has 0 radical (unpaired) electrons. The van der Waals surface area contributed by atoms with Crippen molar-refractivity contribution in [2.75, 3.05) is 20.2 Å². The zero-order valence-electron chi connectivity index (χ0n) is 11.7. The highest BCUT2D eigenvalue weighted by Gasteiger charge is 2.13. The molecule has 0 saturated carbocycles. The van der Waals surface area contributed by atoms with Gasteiger partial charge in [0.25, 0.3) is 0 Å². The number of hydrogen-bond acceptors (Lipinski definition) is 2. The molecule has 100 valence electrons. The predicted octanol–water partition coefficient (Wildman–Crippen LogP) is 3.52. The molecule has 0 aliphatic heterocycles. The zero-order chi connectivity index (χ0) is 13.8. The minimum Gasteiger partial charge on any atom is -0.496 e. The first-order chi connectivity index (χ1) is 9.22. The lowest BCUT2D eigenvalue weighted by Gasteiger charge is -2.23. The summed E-state index contributed by atoms with van der Waals surface area (Å²) in [6.07, 6.45) is 0. The van der Waals surface area contributed by atoms with Crippen molar-refractivity contribution < 1.29 is 4.74 Å². The van der Waals surface area contributed by atoms with Crippen LogP contribution in [0.15, 0.2) is 36.4 Å². The molecule has 0 aliphatic carbocycles. The van der Waals surface area contributed by atoms with Crippen molar-refractivity contribution in [1.82, 2.24) is 4.90 Å². The topological polar surface area (TPSA) is 36.3 Å². The summed E-state index contributed by atoms with van der Waals surface area (Å²) >= 11 is 0. The molecule has 0 bridgehead atoms. The average Bonchev–Trinajstić information content (AvgIpc) is 2.47. The van der Waals surface area contributed by atoms with Crippen molar-refractivity contribution in [3.8, 4) is 5.75 Å². The summed E-state index contributed by atoms with van der Waals surface area (Å²) in [5.74, 6) is 1.43. The lowest BCUT2D eigenvalue weighted by Crippen LogP contribution is -2.30. The highest BCUT2D eigenvalue weighted by molar-refractivity contribution is 6.09. The second kappa shape index (κ2) is 5.74. The van der Waals surface area contributed by atoms with E-state index in [1.807, 2.05) is 41.3 Å². The van der Waals surface area contributed by atoms with Gasteiger partial charge in [0.05, 0.1) is 7.11 Å². The molecule has 2 rings (SSSR count). The Morgan fingerprint density at radius 1 is 1.05 bits per heavy atom. The Labute approximate surface area is 114 Å². The third-order valence-corrected chi connectivity index (χ3v) is 3.44. The number of amidine groups is 1. The predicted molar refractivity (Wildman–Crippen MR) is 80.2 cm³/mol.